The second kappa shape index (κ2) is 6.20. The molecule has 0 aromatic carbocycles. The van der Waals surface area contributed by atoms with Crippen LogP contribution >= 0.6 is 11.8 Å². The number of hydrogen-bond acceptors (Lipinski definition) is 4. The normalized spacial score (nSPS) is 10.8. The molecule has 2 heterocycles. The molecule has 0 saturated heterocycles. The highest BCUT2D eigenvalue weighted by atomic mass is 32.2. The molecule has 2 rings (SSSR count). The molecule has 0 N–H and O–H groups in total. The molecule has 0 spiro atoms. The van der Waals surface area contributed by atoms with Crippen LogP contribution in [0.2, 0.25) is 0 Å². The molecule has 0 unspecified atom stereocenters. The predicted molar refractivity (Wildman–Crippen MR) is 59.6 cm³/mol. The van der Waals surface area contributed by atoms with Crippen LogP contribution in [0.5, 0.6) is 5.75 Å². The van der Waals surface area contributed by atoms with Crippen molar-refractivity contribution in [3.63, 3.8) is 0 Å². The molecular weight excluding hydrogens is 322 g/mol. The van der Waals surface area contributed by atoms with E-state index in [9.17, 15) is 26.3 Å². The van der Waals surface area contributed by atoms with Gasteiger partial charge in [-0.3, -0.25) is 0 Å². The summed E-state index contributed by atoms with van der Waals surface area (Å²) in [5.74, 6) is -10.2. The van der Waals surface area contributed by atoms with Crippen molar-refractivity contribution in [3.05, 3.63) is 47.6 Å². The Balaban J connectivity index is 2.09. The number of nitrogens with zero attached hydrogens (tertiary/aromatic N) is 2. The van der Waals surface area contributed by atoms with Gasteiger partial charge in [-0.15, -0.1) is 0 Å². The lowest BCUT2D eigenvalue weighted by Gasteiger charge is -2.08. The maximum Gasteiger partial charge on any atom is 0.255 e. The molecule has 10 heteroatoms. The fourth-order valence-corrected chi connectivity index (χ4v) is 1.97. The molecular formula is C11H4F6N2OS. The molecule has 0 saturated carbocycles. The Kier molecular flexibility index (Phi) is 4.56. The number of halogens is 6. The van der Waals surface area contributed by atoms with Crippen LogP contribution in [0, 0.1) is 35.4 Å². The second-order valence-corrected chi connectivity index (χ2v) is 4.47. The first kappa shape index (κ1) is 15.4. The molecule has 0 radical (unpaired) electrons. The third kappa shape index (κ3) is 3.57. The highest BCUT2D eigenvalue weighted by Gasteiger charge is 2.16. The SMILES string of the molecule is Fc1cc(OCSc2cc(F)nc(F)c2F)c(F)c(F)n1. The lowest BCUT2D eigenvalue weighted by molar-refractivity contribution is 0.340. The van der Waals surface area contributed by atoms with Gasteiger partial charge in [0.15, 0.2) is 11.6 Å². The first-order valence-corrected chi connectivity index (χ1v) is 6.15. The zero-order valence-corrected chi connectivity index (χ0v) is 10.7. The van der Waals surface area contributed by atoms with E-state index in [-0.39, 0.29) is 0 Å². The largest absolute Gasteiger partial charge is 0.479 e. The highest BCUT2D eigenvalue weighted by molar-refractivity contribution is 7.99. The average molecular weight is 326 g/mol. The van der Waals surface area contributed by atoms with E-state index >= 15 is 0 Å². The highest BCUT2D eigenvalue weighted by Crippen LogP contribution is 2.26. The van der Waals surface area contributed by atoms with Gasteiger partial charge in [-0.25, -0.2) is 4.39 Å². The summed E-state index contributed by atoms with van der Waals surface area (Å²) in [7, 11) is 0. The Labute approximate surface area is 118 Å². The summed E-state index contributed by atoms with van der Waals surface area (Å²) < 4.78 is 82.2. The van der Waals surface area contributed by atoms with Gasteiger partial charge in [0.25, 0.3) is 11.9 Å². The van der Waals surface area contributed by atoms with Crippen molar-refractivity contribution in [1.82, 2.24) is 9.97 Å². The van der Waals surface area contributed by atoms with Gasteiger partial charge in [0.2, 0.25) is 17.7 Å². The van der Waals surface area contributed by atoms with E-state index < -0.39 is 52.0 Å². The fourth-order valence-electron chi connectivity index (χ4n) is 1.26. The third-order valence-electron chi connectivity index (χ3n) is 2.13. The van der Waals surface area contributed by atoms with Crippen LogP contribution in [0.1, 0.15) is 0 Å². The zero-order valence-electron chi connectivity index (χ0n) is 9.84. The molecule has 0 fully saturated rings. The van der Waals surface area contributed by atoms with Gasteiger partial charge in [-0.2, -0.15) is 31.9 Å². The number of pyridine rings is 2. The van der Waals surface area contributed by atoms with E-state index in [0.29, 0.717) is 23.9 Å². The number of rotatable bonds is 4. The minimum Gasteiger partial charge on any atom is -0.479 e. The molecule has 0 aliphatic heterocycles. The monoisotopic (exact) mass is 326 g/mol. The molecule has 2 aromatic heterocycles. The van der Waals surface area contributed by atoms with Crippen molar-refractivity contribution in [3.8, 4) is 5.75 Å². The van der Waals surface area contributed by atoms with Crippen LogP contribution in [0.15, 0.2) is 17.0 Å². The van der Waals surface area contributed by atoms with Crippen molar-refractivity contribution in [2.45, 2.75) is 4.90 Å². The topological polar surface area (TPSA) is 35.0 Å². The Hall–Kier alpha value is -1.97. The minimum atomic E-state index is -1.71. The van der Waals surface area contributed by atoms with Crippen molar-refractivity contribution in [2.24, 2.45) is 0 Å². The molecule has 0 atom stereocenters. The Morgan fingerprint density at radius 2 is 1.43 bits per heavy atom. The smallest absolute Gasteiger partial charge is 0.255 e. The van der Waals surface area contributed by atoms with Gasteiger partial charge in [0, 0.05) is 12.1 Å². The Morgan fingerprint density at radius 1 is 0.857 bits per heavy atom. The fraction of sp³-hybridized carbons (Fsp3) is 0.0909. The Bertz CT molecular complexity index is 627. The van der Waals surface area contributed by atoms with E-state index in [1.165, 1.54) is 0 Å². The summed E-state index contributed by atoms with van der Waals surface area (Å²) in [6.45, 7) is 0. The first-order chi connectivity index (χ1) is 9.88. The van der Waals surface area contributed by atoms with Gasteiger partial charge < -0.3 is 4.74 Å². The van der Waals surface area contributed by atoms with Gasteiger partial charge in [0.1, 0.15) is 5.94 Å². The van der Waals surface area contributed by atoms with Crippen molar-refractivity contribution >= 4 is 11.8 Å². The van der Waals surface area contributed by atoms with Crippen LogP contribution in [0.3, 0.4) is 0 Å². The summed E-state index contributed by atoms with van der Waals surface area (Å²) in [6, 6.07) is 1.07. The lowest BCUT2D eigenvalue weighted by Crippen LogP contribution is -2.02. The summed E-state index contributed by atoms with van der Waals surface area (Å²) in [4.78, 5) is 4.69. The quantitative estimate of drug-likeness (QED) is 0.373. The van der Waals surface area contributed by atoms with Crippen molar-refractivity contribution < 1.29 is 31.1 Å². The maximum absolute atomic E-state index is 13.2. The van der Waals surface area contributed by atoms with Crippen molar-refractivity contribution in [1.29, 1.82) is 0 Å². The summed E-state index contributed by atoms with van der Waals surface area (Å²) >= 11 is 0.441. The molecule has 112 valence electrons. The molecule has 3 nitrogen and oxygen atoms in total. The number of aromatic nitrogens is 2. The summed E-state index contributed by atoms with van der Waals surface area (Å²) in [5, 5.41) is 0. The van der Waals surface area contributed by atoms with Crippen LogP contribution in [-0.4, -0.2) is 15.9 Å². The van der Waals surface area contributed by atoms with E-state index in [0.717, 1.165) is 0 Å². The van der Waals surface area contributed by atoms with E-state index in [4.69, 9.17) is 0 Å². The molecule has 2 aromatic rings. The predicted octanol–water partition coefficient (Wildman–Crippen LogP) is 3.44. The van der Waals surface area contributed by atoms with E-state index in [2.05, 4.69) is 14.7 Å². The van der Waals surface area contributed by atoms with Gasteiger partial charge >= 0.3 is 0 Å². The number of thioether (sulfide) groups is 1. The second-order valence-electron chi connectivity index (χ2n) is 3.50. The molecule has 21 heavy (non-hydrogen) atoms. The molecule has 0 aliphatic rings. The van der Waals surface area contributed by atoms with Crippen LogP contribution in [0.25, 0.3) is 0 Å². The lowest BCUT2D eigenvalue weighted by atomic mass is 10.4. The zero-order chi connectivity index (χ0) is 15.6. The summed E-state index contributed by atoms with van der Waals surface area (Å²) in [5.41, 5.74) is 0. The standard InChI is InChI=1S/C11H4F6N2OS/c12-6-1-4(8(14)10(16)18-6)20-3-21-5-2-7(13)19-11(17)9(5)15/h1-2H,3H2. The van der Waals surface area contributed by atoms with E-state index in [1.807, 2.05) is 0 Å². The van der Waals surface area contributed by atoms with Crippen LogP contribution in [-0.2, 0) is 0 Å². The van der Waals surface area contributed by atoms with Crippen LogP contribution in [0.4, 0.5) is 26.3 Å². The van der Waals surface area contributed by atoms with Crippen LogP contribution < -0.4 is 4.74 Å². The van der Waals surface area contributed by atoms with E-state index in [1.54, 1.807) is 0 Å². The molecule has 0 aliphatic carbocycles. The Morgan fingerprint density at radius 3 is 2.10 bits per heavy atom. The van der Waals surface area contributed by atoms with Gasteiger partial charge in [-0.05, 0) is 0 Å². The average Bonchev–Trinajstić information content (AvgIpc) is 2.40. The number of ether oxygens (including phenoxy) is 1. The molecule has 0 amide bonds. The van der Waals surface area contributed by atoms with Gasteiger partial charge in [-0.1, -0.05) is 11.8 Å². The summed E-state index contributed by atoms with van der Waals surface area (Å²) in [6.07, 6.45) is 0. The maximum atomic E-state index is 13.2. The van der Waals surface area contributed by atoms with Gasteiger partial charge in [0.05, 0.1) is 4.90 Å². The van der Waals surface area contributed by atoms with Crippen molar-refractivity contribution in [2.75, 3.05) is 5.94 Å². The minimum absolute atomic E-state index is 0.441. The molecule has 0 bridgehead atoms. The third-order valence-corrected chi connectivity index (χ3v) is 2.98. The number of hydrogen-bond donors (Lipinski definition) is 0. The first-order valence-electron chi connectivity index (χ1n) is 5.17.